The van der Waals surface area contributed by atoms with Crippen LogP contribution in [0.3, 0.4) is 0 Å². The Hall–Kier alpha value is -3.59. The second kappa shape index (κ2) is 7.80. The largest absolute Gasteiger partial charge is 0.481 e. The molecule has 0 bridgehead atoms. The lowest BCUT2D eigenvalue weighted by Gasteiger charge is -2.09. The summed E-state index contributed by atoms with van der Waals surface area (Å²) in [5, 5.41) is 6.62. The average Bonchev–Trinajstić information content (AvgIpc) is 3.09. The van der Waals surface area contributed by atoms with Crippen molar-refractivity contribution in [3.05, 3.63) is 59.5 Å². The Bertz CT molecular complexity index is 1190. The van der Waals surface area contributed by atoms with Gasteiger partial charge in [-0.1, -0.05) is 12.1 Å². The molecule has 0 spiro atoms. The molecule has 9 heteroatoms. The molecule has 4 aromatic rings. The van der Waals surface area contributed by atoms with Crippen LogP contribution in [0.5, 0.6) is 5.88 Å². The van der Waals surface area contributed by atoms with E-state index in [0.717, 1.165) is 16.6 Å². The first kappa shape index (κ1) is 18.8. The van der Waals surface area contributed by atoms with Gasteiger partial charge in [0, 0.05) is 6.07 Å². The van der Waals surface area contributed by atoms with Crippen molar-refractivity contribution in [2.24, 2.45) is 0 Å². The molecule has 2 N–H and O–H groups in total. The first-order valence-corrected chi connectivity index (χ1v) is 9.59. The fourth-order valence-electron chi connectivity index (χ4n) is 2.84. The molecule has 0 aliphatic rings. The molecule has 0 atom stereocenters. The van der Waals surface area contributed by atoms with Gasteiger partial charge in [0.05, 0.1) is 47.5 Å². The summed E-state index contributed by atoms with van der Waals surface area (Å²) in [4.78, 5) is 26.0. The number of hydrogen-bond acceptors (Lipinski definition) is 8. The Morgan fingerprint density at radius 2 is 1.97 bits per heavy atom. The molecule has 0 aliphatic carbocycles. The highest BCUT2D eigenvalue weighted by molar-refractivity contribution is 7.10. The Balaban J connectivity index is 1.60. The molecule has 1 amide bonds. The molecule has 4 rings (SSSR count). The number of methoxy groups -OCH3 is 1. The van der Waals surface area contributed by atoms with E-state index >= 15 is 0 Å². The molecule has 3 aromatic heterocycles. The number of ether oxygens (including phenoxy) is 1. The predicted molar refractivity (Wildman–Crippen MR) is 113 cm³/mol. The van der Waals surface area contributed by atoms with Gasteiger partial charge in [0.15, 0.2) is 0 Å². The van der Waals surface area contributed by atoms with Crippen LogP contribution in [0.2, 0.25) is 0 Å². The topological polar surface area (TPSA) is 102 Å². The van der Waals surface area contributed by atoms with Crippen molar-refractivity contribution in [2.45, 2.75) is 13.8 Å². The molecule has 146 valence electrons. The molecule has 3 heterocycles. The third kappa shape index (κ3) is 3.85. The minimum atomic E-state index is -0.282. The maximum atomic E-state index is 12.8. The molecule has 29 heavy (non-hydrogen) atoms. The van der Waals surface area contributed by atoms with E-state index in [1.807, 2.05) is 25.1 Å². The number of carbonyl (C=O) groups is 1. The minimum Gasteiger partial charge on any atom is -0.481 e. The number of aromatic nitrogens is 4. The van der Waals surface area contributed by atoms with Crippen LogP contribution in [0.4, 0.5) is 16.5 Å². The van der Waals surface area contributed by atoms with Crippen molar-refractivity contribution in [2.75, 3.05) is 17.7 Å². The van der Waals surface area contributed by atoms with Crippen molar-refractivity contribution >= 4 is 45.0 Å². The summed E-state index contributed by atoms with van der Waals surface area (Å²) in [6.07, 6.45) is 3.18. The van der Waals surface area contributed by atoms with Gasteiger partial charge in [0.2, 0.25) is 5.88 Å². The van der Waals surface area contributed by atoms with Crippen LogP contribution in [-0.4, -0.2) is 32.3 Å². The summed E-state index contributed by atoms with van der Waals surface area (Å²) in [6, 6.07) is 9.25. The van der Waals surface area contributed by atoms with Crippen LogP contribution < -0.4 is 15.4 Å². The lowest BCUT2D eigenvalue weighted by atomic mass is 10.2. The number of aryl methyl sites for hydroxylation is 2. The molecule has 1 aromatic carbocycles. The average molecular weight is 406 g/mol. The maximum Gasteiger partial charge on any atom is 0.260 e. The number of hydrogen-bond donors (Lipinski definition) is 2. The first-order chi connectivity index (χ1) is 14.0. The number of nitrogens with zero attached hydrogens (tertiary/aromatic N) is 4. The molecule has 0 saturated heterocycles. The number of anilines is 3. The number of fused-ring (bicyclic) bond motifs is 1. The van der Waals surface area contributed by atoms with Crippen LogP contribution in [0.1, 0.15) is 21.6 Å². The van der Waals surface area contributed by atoms with Gasteiger partial charge in [-0.2, -0.15) is 4.37 Å². The predicted octanol–water partition coefficient (Wildman–Crippen LogP) is 4.10. The normalized spacial score (nSPS) is 10.7. The lowest BCUT2D eigenvalue weighted by molar-refractivity contribution is 0.102. The van der Waals surface area contributed by atoms with Gasteiger partial charge in [-0.25, -0.2) is 9.97 Å². The molecule has 0 radical (unpaired) electrons. The zero-order valence-electron chi connectivity index (χ0n) is 16.1. The summed E-state index contributed by atoms with van der Waals surface area (Å²) in [6.45, 7) is 3.78. The SMILES string of the molecule is COc1ccc(NC(=O)c2c(C)nsc2Nc2cnc3cccc(C)c3n2)cn1. The van der Waals surface area contributed by atoms with Gasteiger partial charge in [-0.05, 0) is 43.1 Å². The molecular weight excluding hydrogens is 388 g/mol. The monoisotopic (exact) mass is 406 g/mol. The van der Waals surface area contributed by atoms with Crippen LogP contribution in [0.25, 0.3) is 11.0 Å². The van der Waals surface area contributed by atoms with E-state index in [1.54, 1.807) is 25.3 Å². The number of para-hydroxylation sites is 1. The Labute approximate surface area is 171 Å². The minimum absolute atomic E-state index is 0.282. The van der Waals surface area contributed by atoms with E-state index < -0.39 is 0 Å². The Kier molecular flexibility index (Phi) is 5.05. The summed E-state index contributed by atoms with van der Waals surface area (Å²) in [5.41, 5.74) is 4.31. The molecule has 8 nitrogen and oxygen atoms in total. The van der Waals surface area contributed by atoms with Crippen LogP contribution in [0, 0.1) is 13.8 Å². The van der Waals surface area contributed by atoms with E-state index in [0.29, 0.717) is 33.6 Å². The van der Waals surface area contributed by atoms with Gasteiger partial charge in [-0.3, -0.25) is 9.78 Å². The number of benzene rings is 1. The van der Waals surface area contributed by atoms with Gasteiger partial charge < -0.3 is 15.4 Å². The van der Waals surface area contributed by atoms with Gasteiger partial charge in [-0.15, -0.1) is 0 Å². The molecular formula is C20H18N6O2S. The van der Waals surface area contributed by atoms with E-state index in [1.165, 1.54) is 24.8 Å². The van der Waals surface area contributed by atoms with E-state index in [4.69, 9.17) is 4.74 Å². The van der Waals surface area contributed by atoms with Crippen LogP contribution in [0.15, 0.2) is 42.7 Å². The Morgan fingerprint density at radius 1 is 1.10 bits per heavy atom. The number of rotatable bonds is 5. The highest BCUT2D eigenvalue weighted by Crippen LogP contribution is 2.29. The smallest absolute Gasteiger partial charge is 0.260 e. The third-order valence-corrected chi connectivity index (χ3v) is 5.16. The zero-order chi connectivity index (χ0) is 20.4. The number of amides is 1. The molecule has 0 fully saturated rings. The first-order valence-electron chi connectivity index (χ1n) is 8.82. The molecule has 0 saturated carbocycles. The van der Waals surface area contributed by atoms with E-state index in [9.17, 15) is 4.79 Å². The van der Waals surface area contributed by atoms with E-state index in [-0.39, 0.29) is 5.91 Å². The highest BCUT2D eigenvalue weighted by atomic mass is 32.1. The highest BCUT2D eigenvalue weighted by Gasteiger charge is 2.19. The second-order valence-electron chi connectivity index (χ2n) is 6.34. The van der Waals surface area contributed by atoms with Crippen molar-refractivity contribution in [3.8, 4) is 5.88 Å². The summed E-state index contributed by atoms with van der Waals surface area (Å²) >= 11 is 1.20. The quantitative estimate of drug-likeness (QED) is 0.514. The van der Waals surface area contributed by atoms with Crippen LogP contribution in [-0.2, 0) is 0 Å². The fraction of sp³-hybridized carbons (Fsp3) is 0.150. The number of pyridine rings is 1. The second-order valence-corrected chi connectivity index (χ2v) is 7.11. The third-order valence-electron chi connectivity index (χ3n) is 4.31. The van der Waals surface area contributed by atoms with Gasteiger partial charge in [0.25, 0.3) is 5.91 Å². The standard InChI is InChI=1S/C20H18N6O2S/c1-11-5-4-6-14-18(11)24-15(10-21-14)25-20-17(12(2)26-29-20)19(27)23-13-7-8-16(28-3)22-9-13/h4-10H,1-3H3,(H,23,27)(H,24,25). The van der Waals surface area contributed by atoms with Crippen molar-refractivity contribution < 1.29 is 9.53 Å². The molecule has 0 unspecified atom stereocenters. The van der Waals surface area contributed by atoms with Crippen LogP contribution >= 0.6 is 11.5 Å². The fourth-order valence-corrected chi connectivity index (χ4v) is 3.64. The van der Waals surface area contributed by atoms with Gasteiger partial charge >= 0.3 is 0 Å². The van der Waals surface area contributed by atoms with Crippen molar-refractivity contribution in [1.29, 1.82) is 0 Å². The number of nitrogens with one attached hydrogen (secondary N) is 2. The summed E-state index contributed by atoms with van der Waals surface area (Å²) in [7, 11) is 1.54. The van der Waals surface area contributed by atoms with Crippen molar-refractivity contribution in [3.63, 3.8) is 0 Å². The van der Waals surface area contributed by atoms with E-state index in [2.05, 4.69) is 30.0 Å². The maximum absolute atomic E-state index is 12.8. The number of carbonyl (C=O) groups excluding carboxylic acids is 1. The lowest BCUT2D eigenvalue weighted by Crippen LogP contribution is -2.14. The summed E-state index contributed by atoms with van der Waals surface area (Å²) < 4.78 is 9.35. The zero-order valence-corrected chi connectivity index (χ0v) is 16.9. The summed E-state index contributed by atoms with van der Waals surface area (Å²) in [5.74, 6) is 0.746. The molecule has 0 aliphatic heterocycles. The van der Waals surface area contributed by atoms with Crippen molar-refractivity contribution in [1.82, 2.24) is 19.3 Å². The Morgan fingerprint density at radius 3 is 2.72 bits per heavy atom. The van der Waals surface area contributed by atoms with Gasteiger partial charge in [0.1, 0.15) is 10.8 Å².